The maximum Gasteiger partial charge on any atom is 0.0510 e. The standard InChI is InChI=1S/C15H22N2O/c1-16-15(14-6-7-18-11-14)10-17-8-12-4-2-3-5-13(12)9-17/h2-5,14-16H,6-11H2,1H3. The molecule has 2 unspecified atom stereocenters. The second kappa shape index (κ2) is 5.39. The second-order valence-corrected chi connectivity index (χ2v) is 5.46. The molecule has 1 N–H and O–H groups in total. The number of likely N-dealkylation sites (N-methyl/N-ethyl adjacent to an activating group) is 1. The van der Waals surface area contributed by atoms with Crippen molar-refractivity contribution in [1.29, 1.82) is 0 Å². The largest absolute Gasteiger partial charge is 0.381 e. The number of hydrogen-bond donors (Lipinski definition) is 1. The monoisotopic (exact) mass is 246 g/mol. The third-order valence-electron chi connectivity index (χ3n) is 4.27. The van der Waals surface area contributed by atoms with E-state index in [1.807, 2.05) is 0 Å². The third-order valence-corrected chi connectivity index (χ3v) is 4.27. The third kappa shape index (κ3) is 2.44. The zero-order valence-electron chi connectivity index (χ0n) is 11.1. The first-order chi connectivity index (χ1) is 8.86. The predicted octanol–water partition coefficient (Wildman–Crippen LogP) is 1.63. The molecule has 98 valence electrons. The Labute approximate surface area is 109 Å². The molecule has 3 heteroatoms. The highest BCUT2D eigenvalue weighted by Crippen LogP contribution is 2.24. The number of benzene rings is 1. The zero-order chi connectivity index (χ0) is 12.4. The van der Waals surface area contributed by atoms with Crippen LogP contribution in [0.4, 0.5) is 0 Å². The van der Waals surface area contributed by atoms with E-state index in [1.165, 1.54) is 17.5 Å². The van der Waals surface area contributed by atoms with Crippen molar-refractivity contribution in [1.82, 2.24) is 10.2 Å². The average Bonchev–Trinajstić information content (AvgIpc) is 3.04. The summed E-state index contributed by atoms with van der Waals surface area (Å²) in [4.78, 5) is 2.55. The molecule has 3 nitrogen and oxygen atoms in total. The van der Waals surface area contributed by atoms with Crippen LogP contribution in [0.3, 0.4) is 0 Å². The molecule has 2 aliphatic rings. The summed E-state index contributed by atoms with van der Waals surface area (Å²) in [5.74, 6) is 0.679. The Balaban J connectivity index is 1.60. The first-order valence-electron chi connectivity index (χ1n) is 6.91. The van der Waals surface area contributed by atoms with Gasteiger partial charge in [-0.25, -0.2) is 0 Å². The number of nitrogens with one attached hydrogen (secondary N) is 1. The first kappa shape index (κ1) is 12.2. The van der Waals surface area contributed by atoms with E-state index in [9.17, 15) is 0 Å². The molecule has 2 atom stereocenters. The van der Waals surface area contributed by atoms with Gasteiger partial charge in [-0.3, -0.25) is 4.90 Å². The van der Waals surface area contributed by atoms with Crippen LogP contribution in [0, 0.1) is 5.92 Å². The summed E-state index contributed by atoms with van der Waals surface area (Å²) in [7, 11) is 2.08. The molecule has 18 heavy (non-hydrogen) atoms. The molecule has 1 saturated heterocycles. The Bertz CT molecular complexity index is 376. The van der Waals surface area contributed by atoms with Gasteiger partial charge in [0, 0.05) is 38.2 Å². The second-order valence-electron chi connectivity index (χ2n) is 5.46. The van der Waals surface area contributed by atoms with Gasteiger partial charge in [0.1, 0.15) is 0 Å². The summed E-state index contributed by atoms with van der Waals surface area (Å²) in [6, 6.07) is 9.35. The van der Waals surface area contributed by atoms with Gasteiger partial charge in [-0.05, 0) is 24.6 Å². The van der Waals surface area contributed by atoms with Crippen LogP contribution in [-0.2, 0) is 17.8 Å². The fourth-order valence-electron chi connectivity index (χ4n) is 3.16. The number of fused-ring (bicyclic) bond motifs is 1. The predicted molar refractivity (Wildman–Crippen MR) is 72.3 cm³/mol. The van der Waals surface area contributed by atoms with E-state index in [-0.39, 0.29) is 0 Å². The maximum atomic E-state index is 5.51. The van der Waals surface area contributed by atoms with Gasteiger partial charge in [-0.15, -0.1) is 0 Å². The number of hydrogen-bond acceptors (Lipinski definition) is 3. The average molecular weight is 246 g/mol. The molecule has 1 aromatic carbocycles. The van der Waals surface area contributed by atoms with Gasteiger partial charge in [-0.1, -0.05) is 24.3 Å². The molecule has 0 bridgehead atoms. The van der Waals surface area contributed by atoms with E-state index < -0.39 is 0 Å². The Morgan fingerprint density at radius 2 is 2.06 bits per heavy atom. The molecule has 2 heterocycles. The lowest BCUT2D eigenvalue weighted by Gasteiger charge is -2.27. The van der Waals surface area contributed by atoms with Crippen LogP contribution in [0.1, 0.15) is 17.5 Å². The highest BCUT2D eigenvalue weighted by molar-refractivity contribution is 5.30. The summed E-state index contributed by atoms with van der Waals surface area (Å²) in [5.41, 5.74) is 2.99. The molecule has 1 aromatic rings. The highest BCUT2D eigenvalue weighted by atomic mass is 16.5. The molecular weight excluding hydrogens is 224 g/mol. The molecule has 0 saturated carbocycles. The van der Waals surface area contributed by atoms with Crippen molar-refractivity contribution >= 4 is 0 Å². The van der Waals surface area contributed by atoms with Gasteiger partial charge in [0.05, 0.1) is 6.61 Å². The van der Waals surface area contributed by atoms with Crippen molar-refractivity contribution in [3.05, 3.63) is 35.4 Å². The molecule has 3 rings (SSSR count). The lowest BCUT2D eigenvalue weighted by Crippen LogP contribution is -2.42. The summed E-state index contributed by atoms with van der Waals surface area (Å²) in [6.45, 7) is 5.18. The summed E-state index contributed by atoms with van der Waals surface area (Å²) < 4.78 is 5.51. The minimum absolute atomic E-state index is 0.557. The lowest BCUT2D eigenvalue weighted by atomic mass is 9.99. The fraction of sp³-hybridized carbons (Fsp3) is 0.600. The summed E-state index contributed by atoms with van der Waals surface area (Å²) in [5, 5.41) is 3.48. The Hall–Kier alpha value is -0.900. The normalized spacial score (nSPS) is 25.3. The lowest BCUT2D eigenvalue weighted by molar-refractivity contribution is 0.163. The van der Waals surface area contributed by atoms with Crippen LogP contribution in [0.5, 0.6) is 0 Å². The number of nitrogens with zero attached hydrogens (tertiary/aromatic N) is 1. The molecule has 0 radical (unpaired) electrons. The quantitative estimate of drug-likeness (QED) is 0.874. The topological polar surface area (TPSA) is 24.5 Å². The molecular formula is C15H22N2O. The van der Waals surface area contributed by atoms with Gasteiger partial charge >= 0.3 is 0 Å². The molecule has 1 fully saturated rings. The number of rotatable bonds is 4. The van der Waals surface area contributed by atoms with Crippen molar-refractivity contribution in [2.75, 3.05) is 26.8 Å². The zero-order valence-corrected chi connectivity index (χ0v) is 11.1. The molecule has 2 aliphatic heterocycles. The Morgan fingerprint density at radius 3 is 2.61 bits per heavy atom. The van der Waals surface area contributed by atoms with Crippen molar-refractivity contribution in [3.63, 3.8) is 0 Å². The smallest absolute Gasteiger partial charge is 0.0510 e. The van der Waals surface area contributed by atoms with E-state index >= 15 is 0 Å². The van der Waals surface area contributed by atoms with Crippen LogP contribution in [-0.4, -0.2) is 37.7 Å². The number of ether oxygens (including phenoxy) is 1. The Morgan fingerprint density at radius 1 is 1.33 bits per heavy atom. The maximum absolute atomic E-state index is 5.51. The van der Waals surface area contributed by atoms with E-state index in [0.717, 1.165) is 32.8 Å². The van der Waals surface area contributed by atoms with Gasteiger partial charge in [-0.2, -0.15) is 0 Å². The first-order valence-corrected chi connectivity index (χ1v) is 6.91. The van der Waals surface area contributed by atoms with E-state index in [0.29, 0.717) is 12.0 Å². The fourth-order valence-corrected chi connectivity index (χ4v) is 3.16. The molecule has 0 aliphatic carbocycles. The van der Waals surface area contributed by atoms with Crippen LogP contribution < -0.4 is 5.32 Å². The molecule has 0 aromatic heterocycles. The van der Waals surface area contributed by atoms with Crippen molar-refractivity contribution in [2.45, 2.75) is 25.6 Å². The van der Waals surface area contributed by atoms with Crippen LogP contribution in [0.25, 0.3) is 0 Å². The molecule has 0 spiro atoms. The SMILES string of the molecule is CNC(CN1Cc2ccccc2C1)C1CCOC1. The van der Waals surface area contributed by atoms with Crippen molar-refractivity contribution in [2.24, 2.45) is 5.92 Å². The van der Waals surface area contributed by atoms with Gasteiger partial charge in [0.25, 0.3) is 0 Å². The molecule has 0 amide bonds. The van der Waals surface area contributed by atoms with E-state index in [2.05, 4.69) is 41.5 Å². The van der Waals surface area contributed by atoms with Gasteiger partial charge < -0.3 is 10.1 Å². The van der Waals surface area contributed by atoms with Crippen LogP contribution >= 0.6 is 0 Å². The van der Waals surface area contributed by atoms with Crippen molar-refractivity contribution in [3.8, 4) is 0 Å². The van der Waals surface area contributed by atoms with Crippen molar-refractivity contribution < 1.29 is 4.74 Å². The van der Waals surface area contributed by atoms with Gasteiger partial charge in [0.15, 0.2) is 0 Å². The van der Waals surface area contributed by atoms with E-state index in [4.69, 9.17) is 4.74 Å². The van der Waals surface area contributed by atoms with Crippen LogP contribution in [0.2, 0.25) is 0 Å². The minimum Gasteiger partial charge on any atom is -0.381 e. The summed E-state index contributed by atoms with van der Waals surface area (Å²) >= 11 is 0. The minimum atomic E-state index is 0.557. The van der Waals surface area contributed by atoms with E-state index in [1.54, 1.807) is 0 Å². The van der Waals surface area contributed by atoms with Gasteiger partial charge in [0.2, 0.25) is 0 Å². The van der Waals surface area contributed by atoms with Crippen LogP contribution in [0.15, 0.2) is 24.3 Å². The Kier molecular flexibility index (Phi) is 3.64. The highest BCUT2D eigenvalue weighted by Gasteiger charge is 2.28. The summed E-state index contributed by atoms with van der Waals surface area (Å²) in [6.07, 6.45) is 1.20.